The molecule has 1 aliphatic heterocycles. The van der Waals surface area contributed by atoms with Crippen LogP contribution in [-0.4, -0.2) is 11.5 Å². The minimum Gasteiger partial charge on any atom is -0.257 e. The van der Waals surface area contributed by atoms with Gasteiger partial charge in [-0.2, -0.15) is 0 Å². The molecule has 0 saturated carbocycles. The first-order valence-corrected chi connectivity index (χ1v) is 7.21. The number of aliphatic imine (C=N–C) groups is 1. The van der Waals surface area contributed by atoms with Crippen LogP contribution < -0.4 is 0 Å². The molecule has 0 fully saturated rings. The number of allylic oxidation sites excluding steroid dienone is 4. The Hall–Kier alpha value is -1.80. The number of benzene rings is 1. The lowest BCUT2D eigenvalue weighted by molar-refractivity contribution is 1.01. The summed E-state index contributed by atoms with van der Waals surface area (Å²) in [6.07, 6.45) is 5.91. The van der Waals surface area contributed by atoms with Gasteiger partial charge in [0.1, 0.15) is 0 Å². The highest BCUT2D eigenvalue weighted by Crippen LogP contribution is 2.49. The van der Waals surface area contributed by atoms with Crippen LogP contribution in [0.2, 0.25) is 0 Å². The zero-order chi connectivity index (χ0) is 18.0. The maximum absolute atomic E-state index is 7.62. The van der Waals surface area contributed by atoms with Crippen molar-refractivity contribution in [1.29, 1.82) is 0 Å². The molecule has 2 heteroatoms. The Kier molecular flexibility index (Phi) is 2.24. The number of hydrogen-bond acceptors (Lipinski definition) is 2. The van der Waals surface area contributed by atoms with E-state index in [0.29, 0.717) is 5.70 Å². The van der Waals surface area contributed by atoms with Gasteiger partial charge in [0.25, 0.3) is 0 Å². The van der Waals surface area contributed by atoms with E-state index < -0.39 is 6.85 Å². The molecule has 1 aliphatic carbocycles. The smallest absolute Gasteiger partial charge is 0.0590 e. The lowest BCUT2D eigenvalue weighted by atomic mass is 9.92. The molecule has 1 unspecified atom stereocenters. The molecule has 1 aromatic carbocycles. The molecule has 0 aromatic heterocycles. The number of rotatable bonds is 3. The van der Waals surface area contributed by atoms with Crippen LogP contribution in [0.25, 0.3) is 5.57 Å². The van der Waals surface area contributed by atoms with Crippen molar-refractivity contribution in [3.8, 4) is 0 Å². The van der Waals surface area contributed by atoms with Crippen molar-refractivity contribution in [2.75, 3.05) is 0 Å². The molecule has 1 nitrogen and oxygen atoms in total. The average molecular weight is 284 g/mol. The molecule has 0 N–H and O–H groups in total. The van der Waals surface area contributed by atoms with E-state index in [0.717, 1.165) is 31.3 Å². The van der Waals surface area contributed by atoms with Crippen LogP contribution in [0.1, 0.15) is 25.7 Å². The van der Waals surface area contributed by atoms with Gasteiger partial charge in [-0.05, 0) is 41.6 Å². The normalized spacial score (nSPS) is 26.6. The molecular formula is C18H17NS. The fourth-order valence-electron chi connectivity index (χ4n) is 2.42. The Morgan fingerprint density at radius 1 is 1.45 bits per heavy atom. The van der Waals surface area contributed by atoms with Crippen molar-refractivity contribution in [1.82, 2.24) is 0 Å². The molecule has 1 heterocycles. The summed E-state index contributed by atoms with van der Waals surface area (Å²) in [5.74, 6) is 0. The Labute approximate surface area is 131 Å². The van der Waals surface area contributed by atoms with Crippen molar-refractivity contribution < 1.29 is 6.85 Å². The van der Waals surface area contributed by atoms with Gasteiger partial charge in [-0.15, -0.1) is 11.8 Å². The van der Waals surface area contributed by atoms with Gasteiger partial charge >= 0.3 is 0 Å². The van der Waals surface area contributed by atoms with Crippen LogP contribution in [0, 0.1) is 0 Å². The van der Waals surface area contributed by atoms with Crippen molar-refractivity contribution in [2.24, 2.45) is 4.99 Å². The van der Waals surface area contributed by atoms with Crippen molar-refractivity contribution >= 4 is 23.5 Å². The van der Waals surface area contributed by atoms with Crippen molar-refractivity contribution in [2.45, 2.75) is 23.4 Å². The molecule has 0 amide bonds. The van der Waals surface area contributed by atoms with Crippen molar-refractivity contribution in [3.05, 3.63) is 71.9 Å². The second kappa shape index (κ2) is 5.29. The predicted molar refractivity (Wildman–Crippen MR) is 89.2 cm³/mol. The van der Waals surface area contributed by atoms with E-state index in [1.807, 2.05) is 18.2 Å². The summed E-state index contributed by atoms with van der Waals surface area (Å²) in [4.78, 5) is 5.42. The number of thioether (sulfide) groups is 1. The largest absolute Gasteiger partial charge is 0.257 e. The lowest BCUT2D eigenvalue weighted by Gasteiger charge is -2.18. The number of nitrogens with zero attached hydrogens (tertiary/aromatic N) is 1. The van der Waals surface area contributed by atoms with E-state index in [-0.39, 0.29) is 10.8 Å². The third-order valence-electron chi connectivity index (χ3n) is 3.36. The Bertz CT molecular complexity index is 830. The van der Waals surface area contributed by atoms with Gasteiger partial charge in [0.15, 0.2) is 0 Å². The predicted octanol–water partition coefficient (Wildman–Crippen LogP) is 5.04. The van der Waals surface area contributed by atoms with E-state index in [1.165, 1.54) is 16.0 Å². The molecule has 3 rings (SSSR count). The van der Waals surface area contributed by atoms with E-state index in [9.17, 15) is 0 Å². The van der Waals surface area contributed by atoms with E-state index in [4.69, 9.17) is 6.85 Å². The molecule has 0 spiro atoms. The third kappa shape index (κ3) is 2.44. The fourth-order valence-corrected chi connectivity index (χ4v) is 3.79. The highest BCUT2D eigenvalue weighted by Gasteiger charge is 2.30. The van der Waals surface area contributed by atoms with Gasteiger partial charge in [0.05, 0.1) is 8.44 Å². The lowest BCUT2D eigenvalue weighted by Crippen LogP contribution is -2.06. The van der Waals surface area contributed by atoms with Crippen LogP contribution in [-0.2, 0) is 0 Å². The molecule has 2 aliphatic rings. The summed E-state index contributed by atoms with van der Waals surface area (Å²) in [6.45, 7) is -0.459. The summed E-state index contributed by atoms with van der Waals surface area (Å²) in [5, 5.41) is 0.288. The van der Waals surface area contributed by atoms with Crippen LogP contribution in [0.3, 0.4) is 0 Å². The zero-order valence-corrected chi connectivity index (χ0v) is 11.7. The SMILES string of the molecule is [2H]C=C(N=CC(=C[2H])C([2H])([2H])[2H])C1=CC=C2c3ccccc3SC2C1. The van der Waals surface area contributed by atoms with E-state index in [2.05, 4.69) is 23.2 Å². The summed E-state index contributed by atoms with van der Waals surface area (Å²) in [6, 6.07) is 8.29. The minimum absolute atomic E-state index is 0.151. The first-order valence-electron chi connectivity index (χ1n) is 8.98. The van der Waals surface area contributed by atoms with Crippen LogP contribution in [0.15, 0.2) is 76.3 Å². The molecule has 0 saturated heterocycles. The highest BCUT2D eigenvalue weighted by molar-refractivity contribution is 8.00. The second-order valence-corrected chi connectivity index (χ2v) is 5.96. The quantitative estimate of drug-likeness (QED) is 0.709. The Morgan fingerprint density at radius 2 is 2.40 bits per heavy atom. The van der Waals surface area contributed by atoms with Crippen LogP contribution in [0.4, 0.5) is 0 Å². The molecule has 1 aromatic rings. The first-order chi connectivity index (χ1) is 11.9. The average Bonchev–Trinajstić information content (AvgIpc) is 2.95. The summed E-state index contributed by atoms with van der Waals surface area (Å²) >= 11 is 1.80. The molecule has 0 bridgehead atoms. The van der Waals surface area contributed by atoms with E-state index in [1.54, 1.807) is 11.8 Å². The molecule has 0 radical (unpaired) electrons. The van der Waals surface area contributed by atoms with Crippen LogP contribution in [0.5, 0.6) is 0 Å². The molecule has 20 heavy (non-hydrogen) atoms. The summed E-state index contributed by atoms with van der Waals surface area (Å²) < 4.78 is 36.9. The zero-order valence-electron chi connectivity index (χ0n) is 15.8. The molecule has 100 valence electrons. The van der Waals surface area contributed by atoms with Gasteiger partial charge in [0, 0.05) is 20.5 Å². The third-order valence-corrected chi connectivity index (χ3v) is 4.67. The standard InChI is InChI=1S/C18H17NS/c1-12(2)11-19-13(3)14-8-9-16-15-6-4-5-7-17(15)20-18(16)10-14/h4-9,11,18H,1,3,10H2,2H3/i1D,2D3,3D. The summed E-state index contributed by atoms with van der Waals surface area (Å²) in [5.41, 5.74) is 3.72. The molecular weight excluding hydrogens is 262 g/mol. The first kappa shape index (κ1) is 8.48. The van der Waals surface area contributed by atoms with Gasteiger partial charge in [0.2, 0.25) is 0 Å². The Morgan fingerprint density at radius 3 is 3.25 bits per heavy atom. The van der Waals surface area contributed by atoms with Crippen molar-refractivity contribution in [3.63, 3.8) is 0 Å². The number of hydrogen-bond donors (Lipinski definition) is 0. The van der Waals surface area contributed by atoms with E-state index >= 15 is 0 Å². The minimum atomic E-state index is -2.38. The number of fused-ring (bicyclic) bond motifs is 3. The van der Waals surface area contributed by atoms with Gasteiger partial charge in [-0.3, -0.25) is 4.99 Å². The highest BCUT2D eigenvalue weighted by atomic mass is 32.2. The van der Waals surface area contributed by atoms with Crippen LogP contribution >= 0.6 is 11.8 Å². The summed E-state index contributed by atoms with van der Waals surface area (Å²) in [7, 11) is 0. The van der Waals surface area contributed by atoms with Gasteiger partial charge < -0.3 is 0 Å². The fraction of sp³-hybridized carbons (Fsp3) is 0.167. The maximum Gasteiger partial charge on any atom is 0.0590 e. The topological polar surface area (TPSA) is 12.4 Å². The van der Waals surface area contributed by atoms with Gasteiger partial charge in [-0.1, -0.05) is 43.5 Å². The molecule has 1 atom stereocenters. The second-order valence-electron chi connectivity index (χ2n) is 4.72. The maximum atomic E-state index is 7.62. The Balaban J connectivity index is 1.84. The monoisotopic (exact) mass is 284 g/mol. The van der Waals surface area contributed by atoms with Gasteiger partial charge in [-0.25, -0.2) is 0 Å².